The highest BCUT2D eigenvalue weighted by Gasteiger charge is 2.14. The molecule has 0 unspecified atom stereocenters. The van der Waals surface area contributed by atoms with Crippen molar-refractivity contribution in [2.75, 3.05) is 46.4 Å². The van der Waals surface area contributed by atoms with E-state index in [1.165, 1.54) is 6.07 Å². The van der Waals surface area contributed by atoms with Gasteiger partial charge >= 0.3 is 0 Å². The number of nitrogens with two attached hydrogens (primary N) is 1. The van der Waals surface area contributed by atoms with Gasteiger partial charge in [-0.2, -0.15) is 0 Å². The third-order valence-corrected chi connectivity index (χ3v) is 5.06. The van der Waals surface area contributed by atoms with Crippen molar-refractivity contribution < 1.29 is 28.1 Å². The second-order valence-corrected chi connectivity index (χ2v) is 7.49. The molecule has 0 aliphatic heterocycles. The number of hydrogen-bond acceptors (Lipinski definition) is 8. The van der Waals surface area contributed by atoms with E-state index in [-0.39, 0.29) is 5.75 Å². The zero-order valence-electron chi connectivity index (χ0n) is 19.5. The Morgan fingerprint density at radius 1 is 0.771 bits per heavy atom. The molecule has 1 aromatic heterocycles. The number of halogens is 1. The SMILES string of the molecule is COCCOc1cc2nc(-c3ccc(Oc4ccccc4F)cc3)nc(N)c2cc1OCCOC. The Morgan fingerprint density at radius 3 is 2.09 bits per heavy atom. The Kier molecular flexibility index (Phi) is 7.92. The fraction of sp³-hybridized carbons (Fsp3) is 0.231. The first-order valence-electron chi connectivity index (χ1n) is 11.0. The summed E-state index contributed by atoms with van der Waals surface area (Å²) in [5.41, 5.74) is 7.61. The Balaban J connectivity index is 1.63. The number of hydrogen-bond donors (Lipinski definition) is 1. The summed E-state index contributed by atoms with van der Waals surface area (Å²) in [6.45, 7) is 1.55. The minimum Gasteiger partial charge on any atom is -0.487 e. The number of anilines is 1. The normalized spacial score (nSPS) is 10.9. The fourth-order valence-electron chi connectivity index (χ4n) is 3.31. The van der Waals surface area contributed by atoms with Crippen LogP contribution in [0.5, 0.6) is 23.0 Å². The lowest BCUT2D eigenvalue weighted by atomic mass is 10.1. The fourth-order valence-corrected chi connectivity index (χ4v) is 3.31. The summed E-state index contributed by atoms with van der Waals surface area (Å²) in [4.78, 5) is 9.14. The summed E-state index contributed by atoms with van der Waals surface area (Å²) in [6.07, 6.45) is 0. The molecule has 0 bridgehead atoms. The number of nitrogens with zero attached hydrogens (tertiary/aromatic N) is 2. The van der Waals surface area contributed by atoms with Gasteiger partial charge in [-0.3, -0.25) is 0 Å². The number of fused-ring (bicyclic) bond motifs is 1. The predicted molar refractivity (Wildman–Crippen MR) is 131 cm³/mol. The molecule has 8 nitrogen and oxygen atoms in total. The van der Waals surface area contributed by atoms with Crippen LogP contribution in [0.2, 0.25) is 0 Å². The van der Waals surface area contributed by atoms with Gasteiger partial charge in [-0.1, -0.05) is 12.1 Å². The molecular formula is C26H26FN3O5. The van der Waals surface area contributed by atoms with Crippen LogP contribution in [0.1, 0.15) is 0 Å². The van der Waals surface area contributed by atoms with Crippen molar-refractivity contribution in [1.29, 1.82) is 0 Å². The largest absolute Gasteiger partial charge is 0.487 e. The molecule has 0 atom stereocenters. The van der Waals surface area contributed by atoms with Gasteiger partial charge in [0, 0.05) is 31.2 Å². The lowest BCUT2D eigenvalue weighted by molar-refractivity contribution is 0.132. The van der Waals surface area contributed by atoms with Gasteiger partial charge < -0.3 is 29.4 Å². The lowest BCUT2D eigenvalue weighted by Gasteiger charge is -2.15. The Bertz CT molecular complexity index is 1280. The molecule has 2 N–H and O–H groups in total. The van der Waals surface area contributed by atoms with E-state index in [1.807, 2.05) is 0 Å². The third kappa shape index (κ3) is 5.95. The molecule has 0 fully saturated rings. The van der Waals surface area contributed by atoms with Gasteiger partial charge in [0.15, 0.2) is 28.9 Å². The van der Waals surface area contributed by atoms with E-state index < -0.39 is 5.82 Å². The first kappa shape index (κ1) is 24.2. The maximum absolute atomic E-state index is 13.9. The van der Waals surface area contributed by atoms with Crippen molar-refractivity contribution in [2.45, 2.75) is 0 Å². The molecule has 0 amide bonds. The molecule has 4 rings (SSSR count). The molecule has 0 aliphatic rings. The van der Waals surface area contributed by atoms with Gasteiger partial charge in [-0.25, -0.2) is 14.4 Å². The average Bonchev–Trinajstić information content (AvgIpc) is 2.86. The van der Waals surface area contributed by atoms with Crippen LogP contribution in [0.15, 0.2) is 60.7 Å². The summed E-state index contributed by atoms with van der Waals surface area (Å²) >= 11 is 0. The Hall–Kier alpha value is -3.95. The van der Waals surface area contributed by atoms with E-state index in [9.17, 15) is 4.39 Å². The lowest BCUT2D eigenvalue weighted by Crippen LogP contribution is -2.09. The molecule has 182 valence electrons. The van der Waals surface area contributed by atoms with E-state index in [2.05, 4.69) is 9.97 Å². The summed E-state index contributed by atoms with van der Waals surface area (Å²) in [6, 6.07) is 16.8. The van der Waals surface area contributed by atoms with Gasteiger partial charge in [-0.15, -0.1) is 0 Å². The highest BCUT2D eigenvalue weighted by Crippen LogP contribution is 2.35. The van der Waals surface area contributed by atoms with Crippen molar-refractivity contribution in [3.63, 3.8) is 0 Å². The van der Waals surface area contributed by atoms with E-state index >= 15 is 0 Å². The van der Waals surface area contributed by atoms with Crippen LogP contribution in [0.4, 0.5) is 10.2 Å². The van der Waals surface area contributed by atoms with Crippen LogP contribution in [0, 0.1) is 5.82 Å². The zero-order chi connectivity index (χ0) is 24.6. The quantitative estimate of drug-likeness (QED) is 0.305. The van der Waals surface area contributed by atoms with Gasteiger partial charge in [0.25, 0.3) is 0 Å². The predicted octanol–water partition coefficient (Wildman–Crippen LogP) is 4.86. The zero-order valence-corrected chi connectivity index (χ0v) is 19.5. The molecule has 3 aromatic carbocycles. The summed E-state index contributed by atoms with van der Waals surface area (Å²) in [7, 11) is 3.21. The second kappa shape index (κ2) is 11.5. The highest BCUT2D eigenvalue weighted by atomic mass is 19.1. The minimum absolute atomic E-state index is 0.149. The molecule has 0 saturated heterocycles. The Labute approximate surface area is 202 Å². The van der Waals surface area contributed by atoms with Crippen LogP contribution >= 0.6 is 0 Å². The van der Waals surface area contributed by atoms with E-state index in [0.717, 1.165) is 5.56 Å². The number of ether oxygens (including phenoxy) is 5. The third-order valence-electron chi connectivity index (χ3n) is 5.06. The van der Waals surface area contributed by atoms with Crippen molar-refractivity contribution in [3.05, 3.63) is 66.5 Å². The van der Waals surface area contributed by atoms with Crippen LogP contribution < -0.4 is 19.9 Å². The van der Waals surface area contributed by atoms with Crippen molar-refractivity contribution >= 4 is 16.7 Å². The molecule has 35 heavy (non-hydrogen) atoms. The van der Waals surface area contributed by atoms with Crippen molar-refractivity contribution in [1.82, 2.24) is 9.97 Å². The molecule has 0 radical (unpaired) electrons. The smallest absolute Gasteiger partial charge is 0.165 e. The molecule has 0 spiro atoms. The molecular weight excluding hydrogens is 453 g/mol. The first-order valence-corrected chi connectivity index (χ1v) is 11.0. The van der Waals surface area contributed by atoms with Gasteiger partial charge in [0.1, 0.15) is 24.8 Å². The topological polar surface area (TPSA) is 98.0 Å². The number of nitrogen functional groups attached to an aromatic ring is 1. The number of benzene rings is 3. The van der Waals surface area contributed by atoms with Crippen LogP contribution in [0.25, 0.3) is 22.3 Å². The maximum Gasteiger partial charge on any atom is 0.165 e. The van der Waals surface area contributed by atoms with Crippen LogP contribution in [-0.4, -0.2) is 50.6 Å². The Morgan fingerprint density at radius 2 is 1.43 bits per heavy atom. The van der Waals surface area contributed by atoms with E-state index in [0.29, 0.717) is 66.2 Å². The maximum atomic E-state index is 13.9. The second-order valence-electron chi connectivity index (χ2n) is 7.49. The van der Waals surface area contributed by atoms with Gasteiger partial charge in [0.2, 0.25) is 0 Å². The molecule has 9 heteroatoms. The molecule has 4 aromatic rings. The van der Waals surface area contributed by atoms with Crippen molar-refractivity contribution in [3.8, 4) is 34.4 Å². The van der Waals surface area contributed by atoms with Crippen molar-refractivity contribution in [2.24, 2.45) is 0 Å². The molecule has 0 saturated carbocycles. The summed E-state index contributed by atoms with van der Waals surface area (Å²) in [5, 5.41) is 0.639. The van der Waals surface area contributed by atoms with E-state index in [4.69, 9.17) is 29.4 Å². The summed E-state index contributed by atoms with van der Waals surface area (Å²) < 4.78 is 41.3. The van der Waals surface area contributed by atoms with Gasteiger partial charge in [0.05, 0.1) is 18.7 Å². The van der Waals surface area contributed by atoms with Crippen LogP contribution in [0.3, 0.4) is 0 Å². The standard InChI is InChI=1S/C26H26FN3O5/c1-31-11-13-33-23-15-19-21(16-24(23)34-14-12-32-2)29-26(30-25(19)28)17-7-9-18(10-8-17)35-22-6-4-3-5-20(22)27/h3-10,15-16H,11-14H2,1-2H3,(H2,28,29,30). The first-order chi connectivity index (χ1) is 17.1. The van der Waals surface area contributed by atoms with Gasteiger partial charge in [-0.05, 0) is 42.5 Å². The van der Waals surface area contributed by atoms with Crippen LogP contribution in [-0.2, 0) is 9.47 Å². The molecule has 1 heterocycles. The number of methoxy groups -OCH3 is 2. The molecule has 0 aliphatic carbocycles. The highest BCUT2D eigenvalue weighted by molar-refractivity contribution is 5.92. The van der Waals surface area contributed by atoms with E-state index in [1.54, 1.807) is 68.8 Å². The number of para-hydroxylation sites is 1. The average molecular weight is 480 g/mol. The number of aromatic nitrogens is 2. The number of rotatable bonds is 11. The monoisotopic (exact) mass is 479 g/mol. The minimum atomic E-state index is -0.434. The summed E-state index contributed by atoms with van der Waals surface area (Å²) in [5.74, 6) is 1.97.